The summed E-state index contributed by atoms with van der Waals surface area (Å²) in [7, 11) is 1.60. The van der Waals surface area contributed by atoms with E-state index in [4.69, 9.17) is 10.5 Å². The van der Waals surface area contributed by atoms with Gasteiger partial charge < -0.3 is 20.3 Å². The zero-order valence-electron chi connectivity index (χ0n) is 13.8. The van der Waals surface area contributed by atoms with E-state index in [1.165, 1.54) is 0 Å². The molecule has 126 valence electrons. The summed E-state index contributed by atoms with van der Waals surface area (Å²) in [4.78, 5) is 28.1. The Labute approximate surface area is 137 Å². The maximum Gasteiger partial charge on any atom is 0.253 e. The average molecular weight is 319 g/mol. The maximum absolute atomic E-state index is 12.5. The highest BCUT2D eigenvalue weighted by Crippen LogP contribution is 2.14. The third kappa shape index (κ3) is 4.69. The fraction of sp³-hybridized carbons (Fsp3) is 0.529. The van der Waals surface area contributed by atoms with E-state index >= 15 is 0 Å². The number of rotatable bonds is 5. The van der Waals surface area contributed by atoms with Crippen LogP contribution in [0.2, 0.25) is 0 Å². The number of piperazine rings is 1. The molecule has 23 heavy (non-hydrogen) atoms. The quantitative estimate of drug-likeness (QED) is 0.882. The predicted octanol–water partition coefficient (Wildman–Crippen LogP) is 1.11. The summed E-state index contributed by atoms with van der Waals surface area (Å²) in [6.07, 6.45) is 1.17. The first-order chi connectivity index (χ1) is 11.0. The van der Waals surface area contributed by atoms with Crippen LogP contribution in [-0.2, 0) is 4.79 Å². The van der Waals surface area contributed by atoms with Gasteiger partial charge in [-0.25, -0.2) is 0 Å². The number of carbonyl (C=O) groups excluding carboxylic acids is 2. The molecule has 0 radical (unpaired) electrons. The molecule has 2 amide bonds. The lowest BCUT2D eigenvalue weighted by atomic mass is 10.1. The van der Waals surface area contributed by atoms with E-state index in [0.29, 0.717) is 44.6 Å². The monoisotopic (exact) mass is 319 g/mol. The molecule has 0 bridgehead atoms. The minimum atomic E-state index is -0.00432. The van der Waals surface area contributed by atoms with E-state index in [2.05, 4.69) is 0 Å². The standard InChI is InChI=1S/C17H25N3O3/c1-13(18)3-8-16(21)19-9-11-20(12-10-19)17(22)14-4-6-15(23-2)7-5-14/h4-7,13H,3,8-12,18H2,1-2H3. The smallest absolute Gasteiger partial charge is 0.253 e. The van der Waals surface area contributed by atoms with Crippen molar-refractivity contribution in [3.8, 4) is 5.75 Å². The lowest BCUT2D eigenvalue weighted by Gasteiger charge is -2.35. The van der Waals surface area contributed by atoms with E-state index in [0.717, 1.165) is 5.75 Å². The summed E-state index contributed by atoms with van der Waals surface area (Å²) in [5.74, 6) is 0.847. The summed E-state index contributed by atoms with van der Waals surface area (Å²) in [6.45, 7) is 4.20. The molecule has 0 spiro atoms. The molecule has 1 aliphatic heterocycles. The van der Waals surface area contributed by atoms with E-state index in [-0.39, 0.29) is 17.9 Å². The largest absolute Gasteiger partial charge is 0.497 e. The number of nitrogens with zero attached hydrogens (tertiary/aromatic N) is 2. The number of carbonyl (C=O) groups is 2. The van der Waals surface area contributed by atoms with Crippen LogP contribution in [0.3, 0.4) is 0 Å². The van der Waals surface area contributed by atoms with Crippen LogP contribution >= 0.6 is 0 Å². The zero-order chi connectivity index (χ0) is 16.8. The first kappa shape index (κ1) is 17.3. The SMILES string of the molecule is COc1ccc(C(=O)N2CCN(C(=O)CCC(C)N)CC2)cc1. The van der Waals surface area contributed by atoms with Crippen molar-refractivity contribution >= 4 is 11.8 Å². The number of hydrogen-bond acceptors (Lipinski definition) is 4. The van der Waals surface area contributed by atoms with Crippen LogP contribution in [0.5, 0.6) is 5.75 Å². The van der Waals surface area contributed by atoms with Crippen LogP contribution in [0.1, 0.15) is 30.1 Å². The zero-order valence-corrected chi connectivity index (χ0v) is 13.8. The number of benzene rings is 1. The van der Waals surface area contributed by atoms with Crippen LogP contribution in [0.15, 0.2) is 24.3 Å². The van der Waals surface area contributed by atoms with Gasteiger partial charge in [-0.3, -0.25) is 9.59 Å². The summed E-state index contributed by atoms with van der Waals surface area (Å²) >= 11 is 0. The van der Waals surface area contributed by atoms with E-state index in [1.54, 1.807) is 36.3 Å². The Hall–Kier alpha value is -2.08. The van der Waals surface area contributed by atoms with Crippen molar-refractivity contribution in [3.05, 3.63) is 29.8 Å². The minimum absolute atomic E-state index is 0.00432. The van der Waals surface area contributed by atoms with E-state index in [9.17, 15) is 9.59 Å². The Morgan fingerprint density at radius 3 is 2.22 bits per heavy atom. The van der Waals surface area contributed by atoms with E-state index < -0.39 is 0 Å². The summed E-state index contributed by atoms with van der Waals surface area (Å²) in [5, 5.41) is 0. The summed E-state index contributed by atoms with van der Waals surface area (Å²) < 4.78 is 5.10. The second-order valence-corrected chi connectivity index (χ2v) is 5.92. The Kier molecular flexibility index (Phi) is 5.98. The van der Waals surface area contributed by atoms with Crippen molar-refractivity contribution < 1.29 is 14.3 Å². The van der Waals surface area contributed by atoms with Crippen LogP contribution < -0.4 is 10.5 Å². The third-order valence-corrected chi connectivity index (χ3v) is 4.07. The lowest BCUT2D eigenvalue weighted by molar-refractivity contribution is -0.132. The van der Waals surface area contributed by atoms with Crippen molar-refractivity contribution in [2.45, 2.75) is 25.8 Å². The Bertz CT molecular complexity index is 535. The molecule has 6 nitrogen and oxygen atoms in total. The molecule has 1 aliphatic rings. The molecule has 1 heterocycles. The second-order valence-electron chi connectivity index (χ2n) is 5.92. The van der Waals surface area contributed by atoms with Gasteiger partial charge in [-0.05, 0) is 37.6 Å². The van der Waals surface area contributed by atoms with Crippen LogP contribution in [0.4, 0.5) is 0 Å². The van der Waals surface area contributed by atoms with Crippen LogP contribution in [-0.4, -0.2) is 60.9 Å². The van der Waals surface area contributed by atoms with Gasteiger partial charge in [-0.15, -0.1) is 0 Å². The van der Waals surface area contributed by atoms with Gasteiger partial charge in [0.15, 0.2) is 0 Å². The maximum atomic E-state index is 12.5. The van der Waals surface area contributed by atoms with Gasteiger partial charge in [-0.1, -0.05) is 0 Å². The first-order valence-corrected chi connectivity index (χ1v) is 7.98. The van der Waals surface area contributed by atoms with Gasteiger partial charge in [0, 0.05) is 44.2 Å². The van der Waals surface area contributed by atoms with Crippen molar-refractivity contribution in [1.82, 2.24) is 9.80 Å². The van der Waals surface area contributed by atoms with Crippen LogP contribution in [0, 0.1) is 0 Å². The van der Waals surface area contributed by atoms with Crippen LogP contribution in [0.25, 0.3) is 0 Å². The second kappa shape index (κ2) is 7.97. The molecule has 1 aromatic rings. The van der Waals surface area contributed by atoms with Crippen molar-refractivity contribution in [3.63, 3.8) is 0 Å². The van der Waals surface area contributed by atoms with Gasteiger partial charge in [0.2, 0.25) is 5.91 Å². The number of amides is 2. The molecule has 2 N–H and O–H groups in total. The van der Waals surface area contributed by atoms with Crippen molar-refractivity contribution in [1.29, 1.82) is 0 Å². The van der Waals surface area contributed by atoms with Gasteiger partial charge in [0.05, 0.1) is 7.11 Å². The minimum Gasteiger partial charge on any atom is -0.497 e. The molecule has 1 aromatic carbocycles. The molecular formula is C17H25N3O3. The normalized spacial score (nSPS) is 16.1. The molecule has 0 saturated carbocycles. The average Bonchev–Trinajstić information content (AvgIpc) is 2.59. The highest BCUT2D eigenvalue weighted by Gasteiger charge is 2.24. The van der Waals surface area contributed by atoms with Gasteiger partial charge in [0.1, 0.15) is 5.75 Å². The summed E-state index contributed by atoms with van der Waals surface area (Å²) in [6, 6.07) is 7.13. The molecule has 6 heteroatoms. The Morgan fingerprint density at radius 2 is 1.70 bits per heavy atom. The first-order valence-electron chi connectivity index (χ1n) is 7.98. The fourth-order valence-corrected chi connectivity index (χ4v) is 2.58. The highest BCUT2D eigenvalue weighted by atomic mass is 16.5. The Balaban J connectivity index is 1.85. The molecule has 0 aromatic heterocycles. The lowest BCUT2D eigenvalue weighted by Crippen LogP contribution is -2.50. The number of hydrogen-bond donors (Lipinski definition) is 1. The topological polar surface area (TPSA) is 75.9 Å². The van der Waals surface area contributed by atoms with Gasteiger partial charge in [-0.2, -0.15) is 0 Å². The fourth-order valence-electron chi connectivity index (χ4n) is 2.58. The molecule has 2 rings (SSSR count). The van der Waals surface area contributed by atoms with Gasteiger partial charge >= 0.3 is 0 Å². The number of methoxy groups -OCH3 is 1. The molecule has 1 fully saturated rings. The summed E-state index contributed by atoms with van der Waals surface area (Å²) in [5.41, 5.74) is 6.33. The number of nitrogens with two attached hydrogens (primary N) is 1. The molecule has 1 atom stereocenters. The molecule has 1 saturated heterocycles. The molecule has 1 unspecified atom stereocenters. The molecule has 0 aliphatic carbocycles. The Morgan fingerprint density at radius 1 is 1.13 bits per heavy atom. The van der Waals surface area contributed by atoms with Crippen molar-refractivity contribution in [2.75, 3.05) is 33.3 Å². The highest BCUT2D eigenvalue weighted by molar-refractivity contribution is 5.94. The predicted molar refractivity (Wildman–Crippen MR) is 88.4 cm³/mol. The van der Waals surface area contributed by atoms with Crippen molar-refractivity contribution in [2.24, 2.45) is 5.73 Å². The molecular weight excluding hydrogens is 294 g/mol. The van der Waals surface area contributed by atoms with Gasteiger partial charge in [0.25, 0.3) is 5.91 Å². The number of ether oxygens (including phenoxy) is 1. The van der Waals surface area contributed by atoms with E-state index in [1.807, 2.05) is 11.8 Å². The third-order valence-electron chi connectivity index (χ3n) is 4.07.